The van der Waals surface area contributed by atoms with Crippen LogP contribution in [0.4, 0.5) is 4.79 Å². The smallest absolute Gasteiger partial charge is 0.312 e. The van der Waals surface area contributed by atoms with Gasteiger partial charge < -0.3 is 4.90 Å². The van der Waals surface area contributed by atoms with Crippen LogP contribution in [-0.2, 0) is 23.1 Å². The standard InChI is InChI=1S/C19H17ClN4O3S/c20-15-7-9-18(10-8-15)28(26,27)23-19(25)24(13-16-5-1-3-11-21-16)14-17-6-2-4-12-22-17/h1-12H,13-14H2,(H,23,25). The van der Waals surface area contributed by atoms with E-state index in [1.807, 2.05) is 0 Å². The van der Waals surface area contributed by atoms with Gasteiger partial charge in [-0.25, -0.2) is 17.9 Å². The van der Waals surface area contributed by atoms with Gasteiger partial charge in [-0.2, -0.15) is 0 Å². The molecule has 0 radical (unpaired) electrons. The van der Waals surface area contributed by atoms with Crippen LogP contribution in [0.5, 0.6) is 0 Å². The lowest BCUT2D eigenvalue weighted by Gasteiger charge is -2.22. The monoisotopic (exact) mass is 416 g/mol. The summed E-state index contributed by atoms with van der Waals surface area (Å²) < 4.78 is 27.2. The van der Waals surface area contributed by atoms with Crippen LogP contribution in [0.3, 0.4) is 0 Å². The molecule has 2 aromatic heterocycles. The maximum Gasteiger partial charge on any atom is 0.332 e. The highest BCUT2D eigenvalue weighted by Crippen LogP contribution is 2.15. The molecule has 1 aromatic carbocycles. The van der Waals surface area contributed by atoms with Gasteiger partial charge in [0.1, 0.15) is 0 Å². The van der Waals surface area contributed by atoms with Crippen LogP contribution >= 0.6 is 11.6 Å². The topological polar surface area (TPSA) is 92.3 Å². The highest BCUT2D eigenvalue weighted by atomic mass is 35.5. The number of halogens is 1. The number of pyridine rings is 2. The van der Waals surface area contributed by atoms with E-state index in [0.29, 0.717) is 16.4 Å². The molecule has 0 atom stereocenters. The number of benzene rings is 1. The first-order chi connectivity index (χ1) is 13.4. The molecule has 0 aliphatic carbocycles. The molecule has 0 spiro atoms. The van der Waals surface area contributed by atoms with E-state index in [4.69, 9.17) is 11.6 Å². The number of nitrogens with one attached hydrogen (secondary N) is 1. The summed E-state index contributed by atoms with van der Waals surface area (Å²) >= 11 is 5.79. The van der Waals surface area contributed by atoms with Gasteiger partial charge in [0, 0.05) is 17.4 Å². The van der Waals surface area contributed by atoms with E-state index in [2.05, 4.69) is 14.7 Å². The molecular weight excluding hydrogens is 400 g/mol. The Morgan fingerprint density at radius 2 is 1.43 bits per heavy atom. The molecule has 3 rings (SSSR count). The number of carbonyl (C=O) groups is 1. The fourth-order valence-corrected chi connectivity index (χ4v) is 3.52. The minimum atomic E-state index is -4.05. The van der Waals surface area contributed by atoms with Gasteiger partial charge in [-0.15, -0.1) is 0 Å². The molecule has 0 saturated carbocycles. The van der Waals surface area contributed by atoms with Gasteiger partial charge >= 0.3 is 6.03 Å². The van der Waals surface area contributed by atoms with Gasteiger partial charge in [0.05, 0.1) is 29.4 Å². The van der Waals surface area contributed by atoms with Gasteiger partial charge in [-0.3, -0.25) is 9.97 Å². The number of aromatic nitrogens is 2. The summed E-state index contributed by atoms with van der Waals surface area (Å²) in [6.45, 7) is 0.249. The van der Waals surface area contributed by atoms with Gasteiger partial charge in [0.2, 0.25) is 0 Å². The Morgan fingerprint density at radius 1 is 0.893 bits per heavy atom. The molecule has 144 valence electrons. The van der Waals surface area contributed by atoms with E-state index in [1.54, 1.807) is 48.8 Å². The van der Waals surface area contributed by atoms with Crippen molar-refractivity contribution in [3.8, 4) is 0 Å². The number of nitrogens with zero attached hydrogens (tertiary/aromatic N) is 3. The van der Waals surface area contributed by atoms with E-state index < -0.39 is 16.1 Å². The van der Waals surface area contributed by atoms with Crippen molar-refractivity contribution >= 4 is 27.7 Å². The van der Waals surface area contributed by atoms with Crippen LogP contribution in [0.2, 0.25) is 5.02 Å². The highest BCUT2D eigenvalue weighted by molar-refractivity contribution is 7.90. The molecule has 9 heteroatoms. The van der Waals surface area contributed by atoms with Crippen molar-refractivity contribution in [3.63, 3.8) is 0 Å². The third-order valence-corrected chi connectivity index (χ3v) is 5.38. The lowest BCUT2D eigenvalue weighted by molar-refractivity contribution is 0.197. The molecular formula is C19H17ClN4O3S. The lowest BCUT2D eigenvalue weighted by Crippen LogP contribution is -2.42. The molecule has 7 nitrogen and oxygen atoms in total. The summed E-state index contributed by atoms with van der Waals surface area (Å²) in [6.07, 6.45) is 3.22. The van der Waals surface area contributed by atoms with Crippen molar-refractivity contribution in [2.75, 3.05) is 0 Å². The summed E-state index contributed by atoms with van der Waals surface area (Å²) in [6, 6.07) is 15.4. The number of sulfonamides is 1. The predicted octanol–water partition coefficient (Wildman–Crippen LogP) is 3.23. The summed E-state index contributed by atoms with van der Waals surface area (Å²) in [4.78, 5) is 22.4. The summed E-state index contributed by atoms with van der Waals surface area (Å²) in [5, 5.41) is 0.400. The molecule has 28 heavy (non-hydrogen) atoms. The van der Waals surface area contributed by atoms with Crippen LogP contribution in [0, 0.1) is 0 Å². The number of urea groups is 1. The van der Waals surface area contributed by atoms with Crippen LogP contribution in [-0.4, -0.2) is 29.3 Å². The van der Waals surface area contributed by atoms with Crippen LogP contribution in [0.15, 0.2) is 78.0 Å². The van der Waals surface area contributed by atoms with E-state index in [1.165, 1.54) is 29.2 Å². The Bertz CT molecular complexity index is 988. The zero-order valence-corrected chi connectivity index (χ0v) is 16.3. The molecule has 0 aliphatic heterocycles. The Hall–Kier alpha value is -2.97. The molecule has 0 saturated heterocycles. The maximum absolute atomic E-state index is 12.8. The molecule has 1 N–H and O–H groups in total. The lowest BCUT2D eigenvalue weighted by atomic mass is 10.3. The second-order valence-corrected chi connectivity index (χ2v) is 7.98. The average Bonchev–Trinajstić information content (AvgIpc) is 2.69. The zero-order chi connectivity index (χ0) is 20.0. The first kappa shape index (κ1) is 19.8. The number of carbonyl (C=O) groups excluding carboxylic acids is 1. The average molecular weight is 417 g/mol. The number of hydrogen-bond acceptors (Lipinski definition) is 5. The third kappa shape index (κ3) is 5.28. The van der Waals surface area contributed by atoms with Gasteiger partial charge in [-0.1, -0.05) is 23.7 Å². The van der Waals surface area contributed by atoms with E-state index in [9.17, 15) is 13.2 Å². The Labute approximate surface area is 168 Å². The first-order valence-corrected chi connectivity index (χ1v) is 10.2. The second-order valence-electron chi connectivity index (χ2n) is 5.86. The predicted molar refractivity (Wildman–Crippen MR) is 105 cm³/mol. The van der Waals surface area contributed by atoms with Crippen LogP contribution in [0.1, 0.15) is 11.4 Å². The normalized spacial score (nSPS) is 11.0. The van der Waals surface area contributed by atoms with Crippen molar-refractivity contribution < 1.29 is 13.2 Å². The van der Waals surface area contributed by atoms with Crippen LogP contribution in [0.25, 0.3) is 0 Å². The summed E-state index contributed by atoms with van der Waals surface area (Å²) in [5.41, 5.74) is 1.25. The summed E-state index contributed by atoms with van der Waals surface area (Å²) in [5.74, 6) is 0. The second kappa shape index (κ2) is 8.81. The molecule has 0 bridgehead atoms. The summed E-state index contributed by atoms with van der Waals surface area (Å²) in [7, 11) is -4.05. The molecule has 0 unspecified atom stereocenters. The molecule has 0 fully saturated rings. The van der Waals surface area contributed by atoms with Gasteiger partial charge in [0.25, 0.3) is 10.0 Å². The largest absolute Gasteiger partial charge is 0.332 e. The molecule has 0 aliphatic rings. The van der Waals surface area contributed by atoms with E-state index in [-0.39, 0.29) is 18.0 Å². The number of rotatable bonds is 6. The zero-order valence-electron chi connectivity index (χ0n) is 14.7. The fraction of sp³-hybridized carbons (Fsp3) is 0.105. The van der Waals surface area contributed by atoms with Crippen molar-refractivity contribution in [2.45, 2.75) is 18.0 Å². The molecule has 3 aromatic rings. The van der Waals surface area contributed by atoms with Crippen LogP contribution < -0.4 is 4.72 Å². The minimum absolute atomic E-state index is 0.0547. The van der Waals surface area contributed by atoms with Crippen molar-refractivity contribution in [2.24, 2.45) is 0 Å². The Balaban J connectivity index is 1.81. The number of amides is 2. The van der Waals surface area contributed by atoms with E-state index in [0.717, 1.165) is 0 Å². The minimum Gasteiger partial charge on any atom is -0.312 e. The van der Waals surface area contributed by atoms with Crippen molar-refractivity contribution in [1.82, 2.24) is 19.6 Å². The van der Waals surface area contributed by atoms with Gasteiger partial charge in [0.15, 0.2) is 0 Å². The SMILES string of the molecule is O=C(NS(=O)(=O)c1ccc(Cl)cc1)N(Cc1ccccn1)Cc1ccccn1. The molecule has 2 amide bonds. The molecule has 2 heterocycles. The third-order valence-electron chi connectivity index (χ3n) is 3.79. The number of hydrogen-bond donors (Lipinski definition) is 1. The van der Waals surface area contributed by atoms with Gasteiger partial charge in [-0.05, 0) is 48.5 Å². The maximum atomic E-state index is 12.8. The first-order valence-electron chi connectivity index (χ1n) is 8.31. The quantitative estimate of drug-likeness (QED) is 0.666. The van der Waals surface area contributed by atoms with Crippen molar-refractivity contribution in [1.29, 1.82) is 0 Å². The Kier molecular flexibility index (Phi) is 6.23. The Morgan fingerprint density at radius 3 is 1.89 bits per heavy atom. The van der Waals surface area contributed by atoms with E-state index >= 15 is 0 Å². The highest BCUT2D eigenvalue weighted by Gasteiger charge is 2.23. The van der Waals surface area contributed by atoms with Crippen molar-refractivity contribution in [3.05, 3.63) is 89.5 Å². The fourth-order valence-electron chi connectivity index (χ4n) is 2.43.